The minimum Gasteiger partial charge on any atom is -0.376 e. The van der Waals surface area contributed by atoms with E-state index in [9.17, 15) is 9.59 Å². The minimum atomic E-state index is -0.462. The van der Waals surface area contributed by atoms with Crippen LogP contribution in [0.5, 0.6) is 0 Å². The first kappa shape index (κ1) is 17.0. The van der Waals surface area contributed by atoms with Crippen LogP contribution in [0.4, 0.5) is 5.69 Å². The Morgan fingerprint density at radius 3 is 2.48 bits per heavy atom. The van der Waals surface area contributed by atoms with Crippen LogP contribution in [0.3, 0.4) is 0 Å². The number of benzene rings is 2. The molecule has 0 atom stereocenters. The van der Waals surface area contributed by atoms with Gasteiger partial charge in [-0.3, -0.25) is 9.59 Å². The van der Waals surface area contributed by atoms with Crippen molar-refractivity contribution < 1.29 is 9.59 Å². The van der Waals surface area contributed by atoms with Gasteiger partial charge in [0, 0.05) is 23.8 Å². The second kappa shape index (κ2) is 7.38. The van der Waals surface area contributed by atoms with Crippen LogP contribution in [0, 0.1) is 6.92 Å². The molecule has 2 amide bonds. The predicted molar refractivity (Wildman–Crippen MR) is 98.2 cm³/mol. The number of nitrogens with one attached hydrogen (secondary N) is 1. The second-order valence-electron chi connectivity index (χ2n) is 6.43. The third-order valence-electron chi connectivity index (χ3n) is 4.53. The van der Waals surface area contributed by atoms with Crippen molar-refractivity contribution in [3.63, 3.8) is 0 Å². The number of rotatable bonds is 7. The lowest BCUT2D eigenvalue weighted by Crippen LogP contribution is -2.37. The number of hydrogen-bond acceptors (Lipinski definition) is 3. The zero-order valence-corrected chi connectivity index (χ0v) is 14.4. The maximum atomic E-state index is 12.7. The molecule has 5 heteroatoms. The molecule has 0 saturated heterocycles. The molecule has 3 N–H and O–H groups in total. The van der Waals surface area contributed by atoms with Gasteiger partial charge in [-0.2, -0.15) is 0 Å². The highest BCUT2D eigenvalue weighted by molar-refractivity contribution is 5.96. The van der Waals surface area contributed by atoms with Gasteiger partial charge in [0.2, 0.25) is 11.8 Å². The van der Waals surface area contributed by atoms with Gasteiger partial charge in [0.25, 0.3) is 0 Å². The first-order chi connectivity index (χ1) is 12.1. The lowest BCUT2D eigenvalue weighted by Gasteiger charge is -2.23. The number of amides is 2. The van der Waals surface area contributed by atoms with E-state index in [-0.39, 0.29) is 12.5 Å². The molecule has 0 heterocycles. The summed E-state index contributed by atoms with van der Waals surface area (Å²) in [5, 5.41) is 3.16. The Bertz CT molecular complexity index is 770. The van der Waals surface area contributed by atoms with E-state index in [4.69, 9.17) is 5.73 Å². The summed E-state index contributed by atoms with van der Waals surface area (Å²) >= 11 is 0. The number of anilines is 1. The summed E-state index contributed by atoms with van der Waals surface area (Å²) in [6, 6.07) is 15.7. The highest BCUT2D eigenvalue weighted by Gasteiger charge is 2.32. The highest BCUT2D eigenvalue weighted by atomic mass is 16.2. The largest absolute Gasteiger partial charge is 0.376 e. The van der Waals surface area contributed by atoms with Crippen molar-refractivity contribution >= 4 is 17.5 Å². The Hall–Kier alpha value is -2.82. The topological polar surface area (TPSA) is 75.4 Å². The molecule has 1 aliphatic carbocycles. The Kier molecular flexibility index (Phi) is 5.03. The first-order valence-corrected chi connectivity index (χ1v) is 8.53. The van der Waals surface area contributed by atoms with Gasteiger partial charge in [-0.15, -0.1) is 0 Å². The number of hydrogen-bond donors (Lipinski definition) is 2. The molecule has 0 bridgehead atoms. The summed E-state index contributed by atoms with van der Waals surface area (Å²) in [7, 11) is 0. The number of carbonyl (C=O) groups is 2. The fraction of sp³-hybridized carbons (Fsp3) is 0.300. The average Bonchev–Trinajstić information content (AvgIpc) is 3.44. The maximum Gasteiger partial charge on any atom is 0.249 e. The monoisotopic (exact) mass is 337 g/mol. The summed E-state index contributed by atoms with van der Waals surface area (Å²) in [4.78, 5) is 26.1. The molecule has 1 aliphatic rings. The summed E-state index contributed by atoms with van der Waals surface area (Å²) < 4.78 is 0. The van der Waals surface area contributed by atoms with Crippen LogP contribution < -0.4 is 11.1 Å². The lowest BCUT2D eigenvalue weighted by atomic mass is 10.1. The van der Waals surface area contributed by atoms with Crippen molar-refractivity contribution in [2.24, 2.45) is 5.73 Å². The summed E-state index contributed by atoms with van der Waals surface area (Å²) in [6.45, 7) is 2.66. The van der Waals surface area contributed by atoms with Crippen LogP contribution in [-0.2, 0) is 11.3 Å². The van der Waals surface area contributed by atoms with E-state index in [0.717, 1.165) is 29.7 Å². The molecule has 1 saturated carbocycles. The number of nitrogens with zero attached hydrogens (tertiary/aromatic N) is 1. The van der Waals surface area contributed by atoms with Crippen molar-refractivity contribution in [3.8, 4) is 0 Å². The zero-order chi connectivity index (χ0) is 17.8. The van der Waals surface area contributed by atoms with Crippen LogP contribution in [0.15, 0.2) is 48.5 Å². The molecule has 2 aromatic rings. The fourth-order valence-corrected chi connectivity index (χ4v) is 2.95. The molecule has 5 nitrogen and oxygen atoms in total. The summed E-state index contributed by atoms with van der Waals surface area (Å²) in [5.74, 6) is -0.397. The Balaban J connectivity index is 1.66. The van der Waals surface area contributed by atoms with Crippen molar-refractivity contribution in [1.29, 1.82) is 0 Å². The zero-order valence-electron chi connectivity index (χ0n) is 14.4. The van der Waals surface area contributed by atoms with E-state index >= 15 is 0 Å². The number of carbonyl (C=O) groups excluding carboxylic acids is 2. The third-order valence-corrected chi connectivity index (χ3v) is 4.53. The predicted octanol–water partition coefficient (Wildman–Crippen LogP) is 2.70. The Labute approximate surface area is 147 Å². The van der Waals surface area contributed by atoms with Crippen LogP contribution in [0.25, 0.3) is 0 Å². The SMILES string of the molecule is Cc1c(NCC(=O)N(Cc2ccccc2)C2CC2)cccc1C(N)=O. The molecule has 0 unspecified atom stereocenters. The Morgan fingerprint density at radius 2 is 1.84 bits per heavy atom. The van der Waals surface area contributed by atoms with Gasteiger partial charge in [-0.1, -0.05) is 36.4 Å². The molecule has 0 aromatic heterocycles. The van der Waals surface area contributed by atoms with Crippen molar-refractivity contribution in [2.75, 3.05) is 11.9 Å². The molecule has 25 heavy (non-hydrogen) atoms. The quantitative estimate of drug-likeness (QED) is 0.816. The first-order valence-electron chi connectivity index (χ1n) is 8.53. The van der Waals surface area contributed by atoms with E-state index in [2.05, 4.69) is 5.32 Å². The Morgan fingerprint density at radius 1 is 1.12 bits per heavy atom. The highest BCUT2D eigenvalue weighted by Crippen LogP contribution is 2.28. The van der Waals surface area contributed by atoms with Gasteiger partial charge in [0.15, 0.2) is 0 Å². The molecular weight excluding hydrogens is 314 g/mol. The molecule has 0 spiro atoms. The van der Waals surface area contributed by atoms with E-state index in [1.54, 1.807) is 12.1 Å². The van der Waals surface area contributed by atoms with Gasteiger partial charge in [-0.05, 0) is 43.0 Å². The molecule has 3 rings (SSSR count). The summed E-state index contributed by atoms with van der Waals surface area (Å²) in [5.41, 5.74) is 8.52. The minimum absolute atomic E-state index is 0.0650. The standard InChI is InChI=1S/C20H23N3O2/c1-14-17(20(21)25)8-5-9-18(14)22-12-19(24)23(16-10-11-16)13-15-6-3-2-4-7-15/h2-9,16,22H,10-13H2,1H3,(H2,21,25). The molecule has 1 fully saturated rings. The smallest absolute Gasteiger partial charge is 0.249 e. The fourth-order valence-electron chi connectivity index (χ4n) is 2.95. The van der Waals surface area contributed by atoms with E-state index in [1.807, 2.05) is 48.2 Å². The average molecular weight is 337 g/mol. The van der Waals surface area contributed by atoms with Crippen LogP contribution in [-0.4, -0.2) is 29.3 Å². The molecule has 2 aromatic carbocycles. The third kappa shape index (κ3) is 4.18. The van der Waals surface area contributed by atoms with Crippen LogP contribution in [0.1, 0.15) is 34.3 Å². The summed E-state index contributed by atoms with van der Waals surface area (Å²) in [6.07, 6.45) is 2.13. The molecule has 0 aliphatic heterocycles. The van der Waals surface area contributed by atoms with Gasteiger partial charge in [-0.25, -0.2) is 0 Å². The van der Waals surface area contributed by atoms with Crippen molar-refractivity contribution in [3.05, 3.63) is 65.2 Å². The number of primary amides is 1. The number of nitrogens with two attached hydrogens (primary N) is 1. The van der Waals surface area contributed by atoms with Crippen molar-refractivity contribution in [1.82, 2.24) is 4.90 Å². The molecular formula is C20H23N3O2. The van der Waals surface area contributed by atoms with Gasteiger partial charge < -0.3 is 16.0 Å². The lowest BCUT2D eigenvalue weighted by molar-refractivity contribution is -0.130. The van der Waals surface area contributed by atoms with Crippen molar-refractivity contribution in [2.45, 2.75) is 32.4 Å². The second-order valence-corrected chi connectivity index (χ2v) is 6.43. The normalized spacial score (nSPS) is 13.3. The van der Waals surface area contributed by atoms with Crippen LogP contribution in [0.2, 0.25) is 0 Å². The molecule has 0 radical (unpaired) electrons. The molecule has 130 valence electrons. The van der Waals surface area contributed by atoms with E-state index in [0.29, 0.717) is 18.2 Å². The van der Waals surface area contributed by atoms with Crippen LogP contribution >= 0.6 is 0 Å². The maximum absolute atomic E-state index is 12.7. The van der Waals surface area contributed by atoms with Gasteiger partial charge in [0.1, 0.15) is 0 Å². The van der Waals surface area contributed by atoms with E-state index < -0.39 is 5.91 Å². The van der Waals surface area contributed by atoms with Gasteiger partial charge >= 0.3 is 0 Å². The van der Waals surface area contributed by atoms with Gasteiger partial charge in [0.05, 0.1) is 6.54 Å². The van der Waals surface area contributed by atoms with E-state index in [1.165, 1.54) is 0 Å².